The standard InChI is InChI=1S/C12H12FN3O3S2/c1-14-21(18,19)10-5-9-8(4-7(10)13)15-12(20-9)16-11(17)6-2-3-6/h4-6,14H,2-3H2,1H3,(H,15,16,17). The Labute approximate surface area is 124 Å². The van der Waals surface area contributed by atoms with E-state index in [1.807, 2.05) is 0 Å². The smallest absolute Gasteiger partial charge is 0.243 e. The molecule has 2 N–H and O–H groups in total. The highest BCUT2D eigenvalue weighted by atomic mass is 32.2. The van der Waals surface area contributed by atoms with Crippen LogP contribution in [-0.4, -0.2) is 26.4 Å². The summed E-state index contributed by atoms with van der Waals surface area (Å²) in [7, 11) is -2.66. The fraction of sp³-hybridized carbons (Fsp3) is 0.333. The monoisotopic (exact) mass is 329 g/mol. The molecule has 0 atom stereocenters. The molecule has 0 bridgehead atoms. The van der Waals surface area contributed by atoms with Crippen LogP contribution in [0.15, 0.2) is 17.0 Å². The van der Waals surface area contributed by atoms with Gasteiger partial charge in [0.15, 0.2) is 5.13 Å². The van der Waals surface area contributed by atoms with Crippen molar-refractivity contribution in [2.45, 2.75) is 17.7 Å². The molecule has 1 saturated carbocycles. The van der Waals surface area contributed by atoms with Crippen LogP contribution < -0.4 is 10.0 Å². The molecular weight excluding hydrogens is 317 g/mol. The molecule has 0 radical (unpaired) electrons. The highest BCUT2D eigenvalue weighted by Crippen LogP contribution is 2.33. The first-order valence-electron chi connectivity index (χ1n) is 6.25. The second-order valence-electron chi connectivity index (χ2n) is 4.74. The van der Waals surface area contributed by atoms with Gasteiger partial charge in [0.1, 0.15) is 10.7 Å². The Morgan fingerprint density at radius 2 is 2.14 bits per heavy atom. The van der Waals surface area contributed by atoms with E-state index < -0.39 is 20.7 Å². The SMILES string of the molecule is CNS(=O)(=O)c1cc2sc(NC(=O)C3CC3)nc2cc1F. The topological polar surface area (TPSA) is 88.2 Å². The van der Waals surface area contributed by atoms with Gasteiger partial charge in [-0.2, -0.15) is 0 Å². The summed E-state index contributed by atoms with van der Waals surface area (Å²) in [6.07, 6.45) is 1.74. The Morgan fingerprint density at radius 1 is 1.43 bits per heavy atom. The normalized spacial score (nSPS) is 15.3. The van der Waals surface area contributed by atoms with Gasteiger partial charge in [-0.25, -0.2) is 22.5 Å². The summed E-state index contributed by atoms with van der Waals surface area (Å²) in [5, 5.41) is 3.01. The predicted octanol–water partition coefficient (Wildman–Crippen LogP) is 1.69. The average Bonchev–Trinajstić information content (AvgIpc) is 3.20. The summed E-state index contributed by atoms with van der Waals surface area (Å²) in [6, 6.07) is 2.28. The zero-order valence-corrected chi connectivity index (χ0v) is 12.6. The number of thiazole rings is 1. The van der Waals surface area contributed by atoms with Crippen molar-refractivity contribution in [3.05, 3.63) is 17.9 Å². The number of carbonyl (C=O) groups excluding carboxylic acids is 1. The molecule has 0 aliphatic heterocycles. The molecular formula is C12H12FN3O3S2. The fourth-order valence-corrected chi connectivity index (χ4v) is 3.63. The van der Waals surface area contributed by atoms with Crippen molar-refractivity contribution in [2.24, 2.45) is 5.92 Å². The van der Waals surface area contributed by atoms with E-state index in [0.717, 1.165) is 30.2 Å². The van der Waals surface area contributed by atoms with Crippen LogP contribution >= 0.6 is 11.3 Å². The molecule has 1 aromatic heterocycles. The molecule has 9 heteroatoms. The van der Waals surface area contributed by atoms with Gasteiger partial charge in [-0.05, 0) is 26.0 Å². The second-order valence-corrected chi connectivity index (χ2v) is 7.63. The van der Waals surface area contributed by atoms with Crippen molar-refractivity contribution in [1.29, 1.82) is 0 Å². The van der Waals surface area contributed by atoms with E-state index >= 15 is 0 Å². The van der Waals surface area contributed by atoms with Crippen molar-refractivity contribution < 1.29 is 17.6 Å². The molecule has 1 aliphatic carbocycles. The Morgan fingerprint density at radius 3 is 2.76 bits per heavy atom. The lowest BCUT2D eigenvalue weighted by Crippen LogP contribution is -2.19. The van der Waals surface area contributed by atoms with Crippen LogP contribution in [-0.2, 0) is 14.8 Å². The lowest BCUT2D eigenvalue weighted by molar-refractivity contribution is -0.117. The van der Waals surface area contributed by atoms with E-state index in [1.54, 1.807) is 0 Å². The molecule has 0 unspecified atom stereocenters. The number of nitrogens with zero attached hydrogens (tertiary/aromatic N) is 1. The number of hydrogen-bond acceptors (Lipinski definition) is 5. The summed E-state index contributed by atoms with van der Waals surface area (Å²) in [4.78, 5) is 15.3. The van der Waals surface area contributed by atoms with Crippen molar-refractivity contribution >= 4 is 42.6 Å². The number of rotatable bonds is 4. The van der Waals surface area contributed by atoms with Gasteiger partial charge in [0.05, 0.1) is 10.2 Å². The number of halogens is 1. The van der Waals surface area contributed by atoms with E-state index in [2.05, 4.69) is 15.0 Å². The van der Waals surface area contributed by atoms with Crippen LogP contribution in [0.25, 0.3) is 10.2 Å². The molecule has 21 heavy (non-hydrogen) atoms. The van der Waals surface area contributed by atoms with Crippen LogP contribution in [0, 0.1) is 11.7 Å². The van der Waals surface area contributed by atoms with E-state index in [-0.39, 0.29) is 11.8 Å². The van der Waals surface area contributed by atoms with E-state index in [4.69, 9.17) is 0 Å². The number of carbonyl (C=O) groups is 1. The Bertz CT molecular complexity index is 828. The second kappa shape index (κ2) is 5.00. The van der Waals surface area contributed by atoms with Crippen LogP contribution in [0.1, 0.15) is 12.8 Å². The molecule has 2 aromatic rings. The van der Waals surface area contributed by atoms with Gasteiger partial charge >= 0.3 is 0 Å². The van der Waals surface area contributed by atoms with Crippen molar-refractivity contribution in [3.63, 3.8) is 0 Å². The third-order valence-corrected chi connectivity index (χ3v) is 5.54. The first kappa shape index (κ1) is 14.4. The van der Waals surface area contributed by atoms with Gasteiger partial charge in [0.25, 0.3) is 0 Å². The van der Waals surface area contributed by atoms with Crippen molar-refractivity contribution in [1.82, 2.24) is 9.71 Å². The molecule has 112 valence electrons. The quantitative estimate of drug-likeness (QED) is 0.893. The number of sulfonamides is 1. The highest BCUT2D eigenvalue weighted by molar-refractivity contribution is 7.89. The number of anilines is 1. The Balaban J connectivity index is 1.99. The van der Waals surface area contributed by atoms with Crippen molar-refractivity contribution in [3.8, 4) is 0 Å². The molecule has 1 aliphatic rings. The summed E-state index contributed by atoms with van der Waals surface area (Å²) in [5.74, 6) is -0.936. The van der Waals surface area contributed by atoms with Crippen LogP contribution in [0.2, 0.25) is 0 Å². The molecule has 1 aromatic carbocycles. The van der Waals surface area contributed by atoms with Gasteiger partial charge in [0, 0.05) is 12.0 Å². The summed E-state index contributed by atoms with van der Waals surface area (Å²) in [5.41, 5.74) is 0.318. The van der Waals surface area contributed by atoms with Gasteiger partial charge in [-0.1, -0.05) is 11.3 Å². The van der Waals surface area contributed by atoms with Crippen LogP contribution in [0.5, 0.6) is 0 Å². The Hall–Kier alpha value is -1.58. The number of aromatic nitrogens is 1. The average molecular weight is 329 g/mol. The Kier molecular flexibility index (Phi) is 3.42. The fourth-order valence-electron chi connectivity index (χ4n) is 1.85. The lowest BCUT2D eigenvalue weighted by Gasteiger charge is -2.03. The molecule has 6 nitrogen and oxygen atoms in total. The van der Waals surface area contributed by atoms with E-state index in [9.17, 15) is 17.6 Å². The maximum atomic E-state index is 13.9. The summed E-state index contributed by atoms with van der Waals surface area (Å²) < 4.78 is 39.9. The maximum absolute atomic E-state index is 13.9. The number of nitrogens with one attached hydrogen (secondary N) is 2. The first-order valence-corrected chi connectivity index (χ1v) is 8.55. The third kappa shape index (κ3) is 2.76. The van der Waals surface area contributed by atoms with E-state index in [1.165, 1.54) is 13.1 Å². The first-order chi connectivity index (χ1) is 9.90. The maximum Gasteiger partial charge on any atom is 0.243 e. The van der Waals surface area contributed by atoms with Crippen LogP contribution in [0.3, 0.4) is 0 Å². The summed E-state index contributed by atoms with van der Waals surface area (Å²) in [6.45, 7) is 0. The molecule has 0 saturated heterocycles. The van der Waals surface area contributed by atoms with E-state index in [0.29, 0.717) is 15.3 Å². The minimum Gasteiger partial charge on any atom is -0.302 e. The largest absolute Gasteiger partial charge is 0.302 e. The third-order valence-electron chi connectivity index (χ3n) is 3.18. The number of hydrogen-bond donors (Lipinski definition) is 2. The zero-order valence-electron chi connectivity index (χ0n) is 11.0. The highest BCUT2D eigenvalue weighted by Gasteiger charge is 2.30. The molecule has 0 spiro atoms. The minimum atomic E-state index is -3.87. The molecule has 1 amide bonds. The van der Waals surface area contributed by atoms with Gasteiger partial charge in [-0.15, -0.1) is 0 Å². The number of benzene rings is 1. The summed E-state index contributed by atoms with van der Waals surface area (Å²) >= 11 is 1.12. The molecule has 1 heterocycles. The van der Waals surface area contributed by atoms with Gasteiger partial charge in [-0.3, -0.25) is 4.79 Å². The lowest BCUT2D eigenvalue weighted by atomic mass is 10.3. The zero-order chi connectivity index (χ0) is 15.2. The number of fused-ring (bicyclic) bond motifs is 1. The predicted molar refractivity (Wildman–Crippen MR) is 77.2 cm³/mol. The minimum absolute atomic E-state index is 0.0361. The van der Waals surface area contributed by atoms with Gasteiger partial charge < -0.3 is 5.32 Å². The van der Waals surface area contributed by atoms with Gasteiger partial charge in [0.2, 0.25) is 15.9 Å². The number of amides is 1. The van der Waals surface area contributed by atoms with Crippen LogP contribution in [0.4, 0.5) is 9.52 Å². The van der Waals surface area contributed by atoms with Crippen molar-refractivity contribution in [2.75, 3.05) is 12.4 Å². The molecule has 3 rings (SSSR count). The molecule has 1 fully saturated rings.